The number of nitrogens with two attached hydrogens (primary N) is 1. The monoisotopic (exact) mass is 353 g/mol. The molecule has 26 heavy (non-hydrogen) atoms. The second-order valence-corrected chi connectivity index (χ2v) is 6.48. The number of likely N-dealkylation sites (tertiary alicyclic amines) is 1. The smallest absolute Gasteiger partial charge is 0.253 e. The second-order valence-electron chi connectivity index (χ2n) is 6.48. The highest BCUT2D eigenvalue weighted by Gasteiger charge is 2.26. The van der Waals surface area contributed by atoms with Crippen LogP contribution in [0, 0.1) is 5.92 Å². The first-order valence-electron chi connectivity index (χ1n) is 8.68. The summed E-state index contributed by atoms with van der Waals surface area (Å²) < 4.78 is 5.74. The van der Waals surface area contributed by atoms with Crippen LogP contribution in [0.5, 0.6) is 11.5 Å². The van der Waals surface area contributed by atoms with Crippen molar-refractivity contribution in [2.45, 2.75) is 6.42 Å². The first kappa shape index (κ1) is 17.9. The number of carbonyl (C=O) groups excluding carboxylic acids is 2. The number of nitrogens with one attached hydrogen (secondary N) is 1. The zero-order chi connectivity index (χ0) is 18.5. The van der Waals surface area contributed by atoms with Crippen molar-refractivity contribution in [1.29, 1.82) is 0 Å². The number of hydrogen-bond donors (Lipinski definition) is 2. The van der Waals surface area contributed by atoms with E-state index in [-0.39, 0.29) is 5.91 Å². The van der Waals surface area contributed by atoms with E-state index < -0.39 is 5.91 Å². The third-order valence-corrected chi connectivity index (χ3v) is 4.54. The standard InChI is InChI=1S/C20H23N3O3/c1-22-12-14-10-11-23(13-14)20(25)16-4-8-18(9-5-16)26-17-6-2-15(3-7-17)19(21)24/h2-9,14,22H,10-13H2,1H3,(H2,21,24). The van der Waals surface area contributed by atoms with E-state index in [0.717, 1.165) is 26.1 Å². The number of hydrogen-bond acceptors (Lipinski definition) is 4. The number of rotatable bonds is 6. The molecule has 2 aromatic carbocycles. The van der Waals surface area contributed by atoms with Gasteiger partial charge in [0.25, 0.3) is 5.91 Å². The van der Waals surface area contributed by atoms with E-state index in [9.17, 15) is 9.59 Å². The Bertz CT molecular complexity index is 772. The van der Waals surface area contributed by atoms with E-state index in [1.807, 2.05) is 11.9 Å². The van der Waals surface area contributed by atoms with Crippen LogP contribution in [0.1, 0.15) is 27.1 Å². The van der Waals surface area contributed by atoms with Gasteiger partial charge >= 0.3 is 0 Å². The van der Waals surface area contributed by atoms with Gasteiger partial charge in [-0.25, -0.2) is 0 Å². The maximum absolute atomic E-state index is 12.6. The molecule has 1 saturated heterocycles. The molecule has 6 nitrogen and oxygen atoms in total. The largest absolute Gasteiger partial charge is 0.457 e. The van der Waals surface area contributed by atoms with Gasteiger partial charge in [0.1, 0.15) is 11.5 Å². The van der Waals surface area contributed by atoms with Crippen molar-refractivity contribution in [3.63, 3.8) is 0 Å². The van der Waals surface area contributed by atoms with Crippen molar-refractivity contribution in [3.05, 3.63) is 59.7 Å². The topological polar surface area (TPSA) is 84.7 Å². The Hall–Kier alpha value is -2.86. The number of primary amides is 1. The minimum Gasteiger partial charge on any atom is -0.457 e. The molecule has 1 aliphatic rings. The fourth-order valence-corrected chi connectivity index (χ4v) is 3.14. The molecule has 3 rings (SSSR count). The summed E-state index contributed by atoms with van der Waals surface area (Å²) in [5, 5.41) is 3.17. The number of amides is 2. The SMILES string of the molecule is CNCC1CCN(C(=O)c2ccc(Oc3ccc(C(N)=O)cc3)cc2)C1. The zero-order valence-electron chi connectivity index (χ0n) is 14.8. The lowest BCUT2D eigenvalue weighted by molar-refractivity contribution is 0.0787. The lowest BCUT2D eigenvalue weighted by Crippen LogP contribution is -2.30. The third-order valence-electron chi connectivity index (χ3n) is 4.54. The summed E-state index contributed by atoms with van der Waals surface area (Å²) in [6.07, 6.45) is 1.04. The molecule has 1 unspecified atom stereocenters. The summed E-state index contributed by atoms with van der Waals surface area (Å²) >= 11 is 0. The quantitative estimate of drug-likeness (QED) is 0.834. The predicted molar refractivity (Wildman–Crippen MR) is 99.4 cm³/mol. The van der Waals surface area contributed by atoms with Crippen LogP contribution in [-0.2, 0) is 0 Å². The van der Waals surface area contributed by atoms with E-state index in [2.05, 4.69) is 5.32 Å². The molecule has 0 bridgehead atoms. The molecular weight excluding hydrogens is 330 g/mol. The first-order chi connectivity index (χ1) is 12.6. The van der Waals surface area contributed by atoms with Gasteiger partial charge in [0.2, 0.25) is 5.91 Å². The van der Waals surface area contributed by atoms with Crippen LogP contribution in [0.3, 0.4) is 0 Å². The number of ether oxygens (including phenoxy) is 1. The molecule has 0 saturated carbocycles. The zero-order valence-corrected chi connectivity index (χ0v) is 14.8. The summed E-state index contributed by atoms with van der Waals surface area (Å²) in [5.41, 5.74) is 6.31. The molecule has 1 aliphatic heterocycles. The lowest BCUT2D eigenvalue weighted by atomic mass is 10.1. The van der Waals surface area contributed by atoms with E-state index in [0.29, 0.717) is 28.5 Å². The molecule has 2 aromatic rings. The molecular formula is C20H23N3O3. The van der Waals surface area contributed by atoms with Gasteiger partial charge in [0.05, 0.1) is 0 Å². The van der Waals surface area contributed by atoms with Crippen LogP contribution >= 0.6 is 0 Å². The van der Waals surface area contributed by atoms with Gasteiger partial charge in [-0.3, -0.25) is 9.59 Å². The average Bonchev–Trinajstić information content (AvgIpc) is 3.11. The van der Waals surface area contributed by atoms with Crippen molar-refractivity contribution in [1.82, 2.24) is 10.2 Å². The van der Waals surface area contributed by atoms with Crippen LogP contribution in [0.25, 0.3) is 0 Å². The Morgan fingerprint density at radius 3 is 2.19 bits per heavy atom. The normalized spacial score (nSPS) is 16.5. The Balaban J connectivity index is 1.61. The highest BCUT2D eigenvalue weighted by atomic mass is 16.5. The van der Waals surface area contributed by atoms with Crippen LogP contribution < -0.4 is 15.8 Å². The summed E-state index contributed by atoms with van der Waals surface area (Å²) in [6, 6.07) is 13.7. The summed E-state index contributed by atoms with van der Waals surface area (Å²) in [7, 11) is 1.94. The van der Waals surface area contributed by atoms with Gasteiger partial charge in [-0.15, -0.1) is 0 Å². The van der Waals surface area contributed by atoms with Crippen molar-refractivity contribution in [2.24, 2.45) is 11.7 Å². The third kappa shape index (κ3) is 4.21. The lowest BCUT2D eigenvalue weighted by Gasteiger charge is -2.17. The fraction of sp³-hybridized carbons (Fsp3) is 0.300. The van der Waals surface area contributed by atoms with Gasteiger partial charge in [-0.1, -0.05) is 0 Å². The molecule has 1 heterocycles. The number of nitrogens with zero attached hydrogens (tertiary/aromatic N) is 1. The molecule has 0 aromatic heterocycles. The molecule has 0 spiro atoms. The van der Waals surface area contributed by atoms with E-state index in [1.54, 1.807) is 48.5 Å². The van der Waals surface area contributed by atoms with Gasteiger partial charge in [-0.2, -0.15) is 0 Å². The average molecular weight is 353 g/mol. The second kappa shape index (κ2) is 8.01. The Morgan fingerprint density at radius 1 is 1.08 bits per heavy atom. The molecule has 136 valence electrons. The van der Waals surface area contributed by atoms with Crippen molar-refractivity contribution < 1.29 is 14.3 Å². The molecule has 6 heteroatoms. The number of carbonyl (C=O) groups is 2. The minimum absolute atomic E-state index is 0.0564. The molecule has 1 fully saturated rings. The van der Waals surface area contributed by atoms with Gasteiger partial charge in [-0.05, 0) is 74.5 Å². The van der Waals surface area contributed by atoms with Crippen LogP contribution in [-0.4, -0.2) is 43.4 Å². The van der Waals surface area contributed by atoms with Gasteiger partial charge in [0, 0.05) is 24.2 Å². The van der Waals surface area contributed by atoms with Gasteiger partial charge < -0.3 is 20.7 Å². The predicted octanol–water partition coefficient (Wildman–Crippen LogP) is 2.26. The Morgan fingerprint density at radius 2 is 1.65 bits per heavy atom. The van der Waals surface area contributed by atoms with Gasteiger partial charge in [0.15, 0.2) is 0 Å². The summed E-state index contributed by atoms with van der Waals surface area (Å²) in [6.45, 7) is 2.53. The van der Waals surface area contributed by atoms with Crippen molar-refractivity contribution in [3.8, 4) is 11.5 Å². The van der Waals surface area contributed by atoms with Crippen molar-refractivity contribution >= 4 is 11.8 Å². The van der Waals surface area contributed by atoms with Crippen LogP contribution in [0.2, 0.25) is 0 Å². The molecule has 2 amide bonds. The first-order valence-corrected chi connectivity index (χ1v) is 8.68. The van der Waals surface area contributed by atoms with Crippen LogP contribution in [0.15, 0.2) is 48.5 Å². The van der Waals surface area contributed by atoms with Crippen molar-refractivity contribution in [2.75, 3.05) is 26.7 Å². The van der Waals surface area contributed by atoms with Crippen LogP contribution in [0.4, 0.5) is 0 Å². The Kier molecular flexibility index (Phi) is 5.53. The molecule has 1 atom stereocenters. The highest BCUT2D eigenvalue weighted by Crippen LogP contribution is 2.23. The Labute approximate surface area is 152 Å². The fourth-order valence-electron chi connectivity index (χ4n) is 3.14. The molecule has 0 radical (unpaired) electrons. The summed E-state index contributed by atoms with van der Waals surface area (Å²) in [4.78, 5) is 25.6. The van der Waals surface area contributed by atoms with E-state index in [1.165, 1.54) is 0 Å². The highest BCUT2D eigenvalue weighted by molar-refractivity contribution is 5.94. The van der Waals surface area contributed by atoms with E-state index >= 15 is 0 Å². The maximum Gasteiger partial charge on any atom is 0.253 e. The van der Waals surface area contributed by atoms with E-state index in [4.69, 9.17) is 10.5 Å². The summed E-state index contributed by atoms with van der Waals surface area (Å²) in [5.74, 6) is 1.33. The molecule has 3 N–H and O–H groups in total. The maximum atomic E-state index is 12.6. The minimum atomic E-state index is -0.474. The number of benzene rings is 2. The molecule has 0 aliphatic carbocycles.